The van der Waals surface area contributed by atoms with Crippen molar-refractivity contribution in [2.24, 2.45) is 5.73 Å². The van der Waals surface area contributed by atoms with Gasteiger partial charge in [-0.3, -0.25) is 0 Å². The number of rotatable bonds is 4. The highest BCUT2D eigenvalue weighted by atomic mass is 16.6. The molecule has 17 heavy (non-hydrogen) atoms. The van der Waals surface area contributed by atoms with Crippen LogP contribution < -0.4 is 5.73 Å². The molecule has 100 valence electrons. The van der Waals surface area contributed by atoms with E-state index in [1.54, 1.807) is 0 Å². The minimum atomic E-state index is -1.43. The molecule has 6 atom stereocenters. The Morgan fingerprint density at radius 3 is 2.59 bits per heavy atom. The molecule has 0 bridgehead atoms. The quantitative estimate of drug-likeness (QED) is 0.361. The van der Waals surface area contributed by atoms with Gasteiger partial charge in [-0.05, 0) is 6.92 Å². The van der Waals surface area contributed by atoms with Crippen molar-refractivity contribution in [3.05, 3.63) is 0 Å². The van der Waals surface area contributed by atoms with Crippen LogP contribution in [0, 0.1) is 0 Å². The van der Waals surface area contributed by atoms with E-state index < -0.39 is 49.3 Å². The third kappa shape index (κ3) is 3.12. The second kappa shape index (κ2) is 5.71. The number of aliphatic carboxylic acids is 1. The predicted molar refractivity (Wildman–Crippen MR) is 53.9 cm³/mol. The fourth-order valence-corrected chi connectivity index (χ4v) is 1.57. The molecular formula is C9H17NO7. The molecule has 0 spiro atoms. The standard InChI is InChI=1S/C9H17NO7/c1-3(8(13)14)16-7-5(10)9(15)17-4(2-11)6(7)12/h3-7,9,11-12,15H,2,10H2,1H3,(H,13,14)/t3-,4-,5+,6+,7+,9-/m1/s1. The highest BCUT2D eigenvalue weighted by Crippen LogP contribution is 2.22. The Morgan fingerprint density at radius 1 is 1.53 bits per heavy atom. The van der Waals surface area contributed by atoms with Crippen LogP contribution in [-0.4, -0.2) is 69.8 Å². The first-order chi connectivity index (χ1) is 7.88. The molecule has 0 radical (unpaired) electrons. The lowest BCUT2D eigenvalue weighted by Gasteiger charge is -2.41. The van der Waals surface area contributed by atoms with Crippen molar-refractivity contribution in [3.63, 3.8) is 0 Å². The second-order valence-electron chi connectivity index (χ2n) is 3.90. The zero-order valence-corrected chi connectivity index (χ0v) is 9.26. The summed E-state index contributed by atoms with van der Waals surface area (Å²) in [5.74, 6) is -1.22. The highest BCUT2D eigenvalue weighted by Gasteiger charge is 2.44. The van der Waals surface area contributed by atoms with Gasteiger partial charge in [-0.1, -0.05) is 0 Å². The van der Waals surface area contributed by atoms with E-state index in [2.05, 4.69) is 0 Å². The molecule has 8 nitrogen and oxygen atoms in total. The van der Waals surface area contributed by atoms with Crippen LogP contribution in [-0.2, 0) is 14.3 Å². The average molecular weight is 251 g/mol. The summed E-state index contributed by atoms with van der Waals surface area (Å²) in [6.07, 6.45) is -6.11. The number of aliphatic hydroxyl groups excluding tert-OH is 3. The van der Waals surface area contributed by atoms with Gasteiger partial charge in [-0.2, -0.15) is 0 Å². The summed E-state index contributed by atoms with van der Waals surface area (Å²) in [5, 5.41) is 36.8. The van der Waals surface area contributed by atoms with E-state index in [1.807, 2.05) is 0 Å². The van der Waals surface area contributed by atoms with E-state index in [-0.39, 0.29) is 0 Å². The number of hydrogen-bond acceptors (Lipinski definition) is 7. The second-order valence-corrected chi connectivity index (χ2v) is 3.90. The van der Waals surface area contributed by atoms with Crippen LogP contribution in [0.2, 0.25) is 0 Å². The molecule has 1 rings (SSSR count). The third-order valence-electron chi connectivity index (χ3n) is 2.63. The van der Waals surface area contributed by atoms with Crippen molar-refractivity contribution in [2.75, 3.05) is 6.61 Å². The summed E-state index contributed by atoms with van der Waals surface area (Å²) in [4.78, 5) is 10.6. The smallest absolute Gasteiger partial charge is 0.332 e. The summed E-state index contributed by atoms with van der Waals surface area (Å²) in [6.45, 7) is 0.740. The average Bonchev–Trinajstić information content (AvgIpc) is 2.28. The lowest BCUT2D eigenvalue weighted by Crippen LogP contribution is -2.63. The van der Waals surface area contributed by atoms with Gasteiger partial charge in [0.1, 0.15) is 18.3 Å². The van der Waals surface area contributed by atoms with E-state index in [9.17, 15) is 15.0 Å². The van der Waals surface area contributed by atoms with Crippen molar-refractivity contribution >= 4 is 5.97 Å². The van der Waals surface area contributed by atoms with Gasteiger partial charge in [-0.15, -0.1) is 0 Å². The molecule has 0 aromatic rings. The fourth-order valence-electron chi connectivity index (χ4n) is 1.57. The molecule has 0 aliphatic carbocycles. The van der Waals surface area contributed by atoms with Crippen LogP contribution in [0.4, 0.5) is 0 Å². The Balaban J connectivity index is 2.74. The lowest BCUT2D eigenvalue weighted by molar-refractivity contribution is -0.262. The van der Waals surface area contributed by atoms with Gasteiger partial charge in [0.05, 0.1) is 12.6 Å². The molecule has 1 heterocycles. The van der Waals surface area contributed by atoms with Gasteiger partial charge in [0.15, 0.2) is 12.4 Å². The van der Waals surface area contributed by atoms with Crippen molar-refractivity contribution in [1.29, 1.82) is 0 Å². The number of aliphatic hydroxyl groups is 3. The Bertz CT molecular complexity index is 274. The van der Waals surface area contributed by atoms with Gasteiger partial charge in [-0.25, -0.2) is 4.79 Å². The normalized spacial score (nSPS) is 39.9. The summed E-state index contributed by atoms with van der Waals surface area (Å²) in [5.41, 5.74) is 5.54. The molecule has 1 aliphatic rings. The zero-order chi connectivity index (χ0) is 13.2. The molecule has 0 unspecified atom stereocenters. The first-order valence-corrected chi connectivity index (χ1v) is 5.14. The molecule has 0 amide bonds. The number of nitrogens with two attached hydrogens (primary N) is 1. The van der Waals surface area contributed by atoms with Gasteiger partial charge < -0.3 is 35.6 Å². The molecule has 1 saturated heterocycles. The number of carboxylic acid groups (broad SMARTS) is 1. The van der Waals surface area contributed by atoms with Crippen molar-refractivity contribution in [2.45, 2.75) is 43.7 Å². The van der Waals surface area contributed by atoms with Crippen LogP contribution in [0.3, 0.4) is 0 Å². The monoisotopic (exact) mass is 251 g/mol. The zero-order valence-electron chi connectivity index (χ0n) is 9.26. The Labute approximate surface area is 97.6 Å². The summed E-state index contributed by atoms with van der Waals surface area (Å²) in [7, 11) is 0. The largest absolute Gasteiger partial charge is 0.479 e. The predicted octanol–water partition coefficient (Wildman–Crippen LogP) is -2.76. The molecule has 6 N–H and O–H groups in total. The number of ether oxygens (including phenoxy) is 2. The van der Waals surface area contributed by atoms with E-state index in [1.165, 1.54) is 6.92 Å². The van der Waals surface area contributed by atoms with Gasteiger partial charge >= 0.3 is 5.97 Å². The Hall–Kier alpha value is -0.770. The Kier molecular flexibility index (Phi) is 4.80. The maximum absolute atomic E-state index is 10.6. The molecule has 0 aromatic carbocycles. The molecule has 1 fully saturated rings. The molecule has 8 heteroatoms. The van der Waals surface area contributed by atoms with Crippen LogP contribution >= 0.6 is 0 Å². The first-order valence-electron chi connectivity index (χ1n) is 5.14. The van der Waals surface area contributed by atoms with Crippen molar-refractivity contribution in [3.8, 4) is 0 Å². The van der Waals surface area contributed by atoms with Gasteiger partial charge in [0, 0.05) is 0 Å². The minimum Gasteiger partial charge on any atom is -0.479 e. The summed E-state index contributed by atoms with van der Waals surface area (Å²) < 4.78 is 9.89. The highest BCUT2D eigenvalue weighted by molar-refractivity contribution is 5.71. The van der Waals surface area contributed by atoms with E-state index >= 15 is 0 Å². The SMILES string of the molecule is C[C@@H](O[C@H]1[C@H](N)[C@H](O)O[C@H](CO)[C@@H]1O)C(=O)O. The Morgan fingerprint density at radius 2 is 2.12 bits per heavy atom. The van der Waals surface area contributed by atoms with Crippen LogP contribution in [0.25, 0.3) is 0 Å². The molecular weight excluding hydrogens is 234 g/mol. The lowest BCUT2D eigenvalue weighted by atomic mass is 9.97. The minimum absolute atomic E-state index is 0.535. The van der Waals surface area contributed by atoms with Crippen LogP contribution in [0.15, 0.2) is 0 Å². The summed E-state index contributed by atoms with van der Waals surface area (Å²) >= 11 is 0. The van der Waals surface area contributed by atoms with E-state index in [0.29, 0.717) is 0 Å². The molecule has 1 aliphatic heterocycles. The molecule has 0 aromatic heterocycles. The van der Waals surface area contributed by atoms with Crippen LogP contribution in [0.5, 0.6) is 0 Å². The number of hydrogen-bond donors (Lipinski definition) is 5. The maximum atomic E-state index is 10.6. The summed E-state index contributed by atoms with van der Waals surface area (Å²) in [6, 6.07) is -1.09. The molecule has 0 saturated carbocycles. The van der Waals surface area contributed by atoms with E-state index in [4.69, 9.17) is 25.4 Å². The van der Waals surface area contributed by atoms with Crippen molar-refractivity contribution < 1.29 is 34.7 Å². The van der Waals surface area contributed by atoms with Gasteiger partial charge in [0.2, 0.25) is 0 Å². The fraction of sp³-hybridized carbons (Fsp3) is 0.889. The van der Waals surface area contributed by atoms with Crippen LogP contribution in [0.1, 0.15) is 6.92 Å². The van der Waals surface area contributed by atoms with E-state index in [0.717, 1.165) is 0 Å². The van der Waals surface area contributed by atoms with Crippen molar-refractivity contribution in [1.82, 2.24) is 0 Å². The number of carbonyl (C=O) groups is 1. The first kappa shape index (κ1) is 14.3. The topological polar surface area (TPSA) is 142 Å². The maximum Gasteiger partial charge on any atom is 0.332 e. The number of carboxylic acids is 1. The van der Waals surface area contributed by atoms with Gasteiger partial charge in [0.25, 0.3) is 0 Å². The third-order valence-corrected chi connectivity index (χ3v) is 2.63.